The smallest absolute Gasteiger partial charge is 0.374 e. The van der Waals surface area contributed by atoms with Gasteiger partial charge in [0.2, 0.25) is 0 Å². The molecule has 1 saturated carbocycles. The zero-order valence-corrected chi connectivity index (χ0v) is 12.6. The summed E-state index contributed by atoms with van der Waals surface area (Å²) in [5, 5.41) is 0. The zero-order valence-electron chi connectivity index (χ0n) is 12.6. The van der Waals surface area contributed by atoms with Gasteiger partial charge in [-0.05, 0) is 49.8 Å². The molecule has 1 aromatic rings. The minimum absolute atomic E-state index is 0.148. The minimum Gasteiger partial charge on any atom is -0.374 e. The Hall–Kier alpha value is -1.23. The van der Waals surface area contributed by atoms with Gasteiger partial charge in [-0.15, -0.1) is 0 Å². The summed E-state index contributed by atoms with van der Waals surface area (Å²) in [6, 6.07) is 4.44. The van der Waals surface area contributed by atoms with Crippen LogP contribution >= 0.6 is 0 Å². The van der Waals surface area contributed by atoms with Gasteiger partial charge in [0, 0.05) is 25.3 Å². The van der Waals surface area contributed by atoms with Gasteiger partial charge in [-0.3, -0.25) is 0 Å². The molecule has 0 heterocycles. The molecule has 5 heteroatoms. The molecule has 1 atom stereocenters. The predicted octanol–water partition coefficient (Wildman–Crippen LogP) is 3.83. The van der Waals surface area contributed by atoms with Crippen LogP contribution in [0, 0.1) is 5.92 Å². The quantitative estimate of drug-likeness (QED) is 0.895. The van der Waals surface area contributed by atoms with Crippen molar-refractivity contribution in [2.24, 2.45) is 11.7 Å². The molecular formula is C16H23F3N2. The van der Waals surface area contributed by atoms with Crippen LogP contribution in [-0.2, 0) is 12.6 Å². The fourth-order valence-corrected chi connectivity index (χ4v) is 2.80. The monoisotopic (exact) mass is 300 g/mol. The molecule has 0 aliphatic heterocycles. The molecule has 1 aliphatic carbocycles. The fraction of sp³-hybridized carbons (Fsp3) is 0.625. The van der Waals surface area contributed by atoms with E-state index in [0.29, 0.717) is 24.4 Å². The first-order chi connectivity index (χ1) is 9.77. The maximum absolute atomic E-state index is 13.3. The summed E-state index contributed by atoms with van der Waals surface area (Å²) in [5.74, 6) is 0.528. The van der Waals surface area contributed by atoms with Crippen LogP contribution in [0.4, 0.5) is 18.9 Å². The van der Waals surface area contributed by atoms with E-state index in [1.807, 2.05) is 0 Å². The molecule has 2 rings (SSSR count). The maximum atomic E-state index is 13.3. The molecule has 1 aromatic carbocycles. The minimum atomic E-state index is -4.34. The highest BCUT2D eigenvalue weighted by atomic mass is 19.4. The van der Waals surface area contributed by atoms with E-state index in [-0.39, 0.29) is 11.7 Å². The Bertz CT molecular complexity index is 479. The first-order valence-corrected chi connectivity index (χ1v) is 7.44. The standard InChI is InChI=1S/C16H23F3N2/c1-11(20)8-13-6-7-15(14(9-13)16(17,18)19)21(2)10-12-4-3-5-12/h6-7,9,11-12H,3-5,8,10,20H2,1-2H3. The molecular weight excluding hydrogens is 277 g/mol. The highest BCUT2D eigenvalue weighted by Crippen LogP contribution is 2.38. The molecule has 0 radical (unpaired) electrons. The van der Waals surface area contributed by atoms with E-state index in [1.165, 1.54) is 12.5 Å². The van der Waals surface area contributed by atoms with Crippen molar-refractivity contribution >= 4 is 5.69 Å². The Balaban J connectivity index is 2.25. The maximum Gasteiger partial charge on any atom is 0.418 e. The molecule has 21 heavy (non-hydrogen) atoms. The Morgan fingerprint density at radius 2 is 2.00 bits per heavy atom. The number of halogens is 3. The van der Waals surface area contributed by atoms with Crippen molar-refractivity contribution in [1.29, 1.82) is 0 Å². The number of hydrogen-bond acceptors (Lipinski definition) is 2. The van der Waals surface area contributed by atoms with Crippen LogP contribution in [0.5, 0.6) is 0 Å². The van der Waals surface area contributed by atoms with E-state index in [9.17, 15) is 13.2 Å². The first-order valence-electron chi connectivity index (χ1n) is 7.44. The lowest BCUT2D eigenvalue weighted by Gasteiger charge is -2.32. The van der Waals surface area contributed by atoms with Crippen molar-refractivity contribution in [3.05, 3.63) is 29.3 Å². The van der Waals surface area contributed by atoms with Crippen molar-refractivity contribution < 1.29 is 13.2 Å². The normalized spacial score (nSPS) is 17.4. The molecule has 2 N–H and O–H groups in total. The molecule has 0 amide bonds. The first kappa shape index (κ1) is 16.1. The lowest BCUT2D eigenvalue weighted by atomic mass is 9.85. The highest BCUT2D eigenvalue weighted by Gasteiger charge is 2.35. The largest absolute Gasteiger partial charge is 0.418 e. The number of hydrogen-bond donors (Lipinski definition) is 1. The molecule has 1 unspecified atom stereocenters. The number of benzene rings is 1. The Kier molecular flexibility index (Phi) is 4.81. The zero-order chi connectivity index (χ0) is 15.6. The summed E-state index contributed by atoms with van der Waals surface area (Å²) >= 11 is 0. The summed E-state index contributed by atoms with van der Waals surface area (Å²) in [6.45, 7) is 2.49. The Morgan fingerprint density at radius 3 is 2.48 bits per heavy atom. The molecule has 0 aromatic heterocycles. The van der Waals surface area contributed by atoms with Crippen LogP contribution in [0.2, 0.25) is 0 Å². The SMILES string of the molecule is CC(N)Cc1ccc(N(C)CC2CCC2)c(C(F)(F)F)c1. The number of nitrogens with two attached hydrogens (primary N) is 1. The van der Waals surface area contributed by atoms with Gasteiger partial charge < -0.3 is 10.6 Å². The van der Waals surface area contributed by atoms with Crippen LogP contribution in [0.1, 0.15) is 37.3 Å². The summed E-state index contributed by atoms with van der Waals surface area (Å²) in [4.78, 5) is 1.74. The summed E-state index contributed by atoms with van der Waals surface area (Å²) in [6.07, 6.45) is -0.451. The third kappa shape index (κ3) is 4.13. The van der Waals surface area contributed by atoms with Crippen LogP contribution in [0.15, 0.2) is 18.2 Å². The second-order valence-electron chi connectivity index (χ2n) is 6.21. The van der Waals surface area contributed by atoms with E-state index in [2.05, 4.69) is 0 Å². The summed E-state index contributed by atoms with van der Waals surface area (Å²) < 4.78 is 39.9. The molecule has 2 nitrogen and oxygen atoms in total. The lowest BCUT2D eigenvalue weighted by molar-refractivity contribution is -0.137. The number of nitrogens with zero attached hydrogens (tertiary/aromatic N) is 1. The van der Waals surface area contributed by atoms with E-state index < -0.39 is 11.7 Å². The third-order valence-electron chi connectivity index (χ3n) is 4.09. The Labute approximate surface area is 124 Å². The van der Waals surface area contributed by atoms with Crippen LogP contribution in [0.3, 0.4) is 0 Å². The molecule has 0 bridgehead atoms. The van der Waals surface area contributed by atoms with E-state index in [4.69, 9.17) is 5.73 Å². The average molecular weight is 300 g/mol. The summed E-state index contributed by atoms with van der Waals surface area (Å²) in [5.41, 5.74) is 6.03. The van der Waals surface area contributed by atoms with Gasteiger partial charge in [-0.25, -0.2) is 0 Å². The van der Waals surface area contributed by atoms with Gasteiger partial charge in [0.1, 0.15) is 0 Å². The van der Waals surface area contributed by atoms with E-state index in [0.717, 1.165) is 12.8 Å². The van der Waals surface area contributed by atoms with Gasteiger partial charge in [-0.1, -0.05) is 12.5 Å². The summed E-state index contributed by atoms with van der Waals surface area (Å²) in [7, 11) is 1.74. The van der Waals surface area contributed by atoms with Gasteiger partial charge in [-0.2, -0.15) is 13.2 Å². The molecule has 1 aliphatic rings. The van der Waals surface area contributed by atoms with Crippen molar-refractivity contribution in [2.45, 2.75) is 44.8 Å². The average Bonchev–Trinajstić information content (AvgIpc) is 2.31. The van der Waals surface area contributed by atoms with Crippen LogP contribution in [0.25, 0.3) is 0 Å². The van der Waals surface area contributed by atoms with E-state index >= 15 is 0 Å². The van der Waals surface area contributed by atoms with Crippen LogP contribution in [-0.4, -0.2) is 19.6 Å². The van der Waals surface area contributed by atoms with Crippen molar-refractivity contribution in [2.75, 3.05) is 18.5 Å². The number of alkyl halides is 3. The van der Waals surface area contributed by atoms with Crippen molar-refractivity contribution in [3.63, 3.8) is 0 Å². The van der Waals surface area contributed by atoms with Gasteiger partial charge in [0.05, 0.1) is 5.56 Å². The molecule has 0 spiro atoms. The second-order valence-corrected chi connectivity index (χ2v) is 6.21. The topological polar surface area (TPSA) is 29.3 Å². The molecule has 0 saturated heterocycles. The van der Waals surface area contributed by atoms with Crippen molar-refractivity contribution in [3.8, 4) is 0 Å². The van der Waals surface area contributed by atoms with Crippen molar-refractivity contribution in [1.82, 2.24) is 0 Å². The van der Waals surface area contributed by atoms with Gasteiger partial charge >= 0.3 is 6.18 Å². The Morgan fingerprint density at radius 1 is 1.33 bits per heavy atom. The van der Waals surface area contributed by atoms with Gasteiger partial charge in [0.15, 0.2) is 0 Å². The van der Waals surface area contributed by atoms with Gasteiger partial charge in [0.25, 0.3) is 0 Å². The third-order valence-corrected chi connectivity index (χ3v) is 4.09. The number of anilines is 1. The predicted molar refractivity (Wildman–Crippen MR) is 79.4 cm³/mol. The molecule has 118 valence electrons. The lowest BCUT2D eigenvalue weighted by Crippen LogP contribution is -2.31. The van der Waals surface area contributed by atoms with Crippen LogP contribution < -0.4 is 10.6 Å². The van der Waals surface area contributed by atoms with E-state index in [1.54, 1.807) is 31.0 Å². The molecule has 1 fully saturated rings. The number of rotatable bonds is 5. The fourth-order valence-electron chi connectivity index (χ4n) is 2.80. The second kappa shape index (κ2) is 6.26. The highest BCUT2D eigenvalue weighted by molar-refractivity contribution is 5.56.